The highest BCUT2D eigenvalue weighted by Gasteiger charge is 2.29. The first kappa shape index (κ1) is 9.19. The van der Waals surface area contributed by atoms with E-state index < -0.39 is 6.10 Å². The van der Waals surface area contributed by atoms with Gasteiger partial charge in [-0.2, -0.15) is 0 Å². The van der Waals surface area contributed by atoms with Crippen molar-refractivity contribution < 1.29 is 10.2 Å². The van der Waals surface area contributed by atoms with Crippen LogP contribution in [0.1, 0.15) is 17.2 Å². The van der Waals surface area contributed by atoms with Gasteiger partial charge in [-0.3, -0.25) is 0 Å². The first-order chi connectivity index (χ1) is 6.22. The standard InChI is InChI=1S/C10H11BrO2/c11-8-1-2-9-6(4-8)3-7(5-12)10(9)13/h1-2,4,7,10,12-13H,3,5H2/t7-,10+/m1/s1. The SMILES string of the molecule is OC[C@H]1Cc2cc(Br)ccc2[C@H]1O. The molecule has 0 bridgehead atoms. The Morgan fingerprint density at radius 2 is 2.23 bits per heavy atom. The third-order valence-electron chi connectivity index (χ3n) is 2.59. The molecule has 0 spiro atoms. The van der Waals surface area contributed by atoms with E-state index in [2.05, 4.69) is 15.9 Å². The van der Waals surface area contributed by atoms with Gasteiger partial charge in [0.2, 0.25) is 0 Å². The number of benzene rings is 1. The number of fused-ring (bicyclic) bond motifs is 1. The Kier molecular flexibility index (Phi) is 2.41. The summed E-state index contributed by atoms with van der Waals surface area (Å²) < 4.78 is 1.03. The molecule has 0 saturated carbocycles. The molecule has 0 aliphatic heterocycles. The highest BCUT2D eigenvalue weighted by atomic mass is 79.9. The maximum Gasteiger partial charge on any atom is 0.0845 e. The van der Waals surface area contributed by atoms with Crippen LogP contribution in [0.3, 0.4) is 0 Å². The molecule has 0 fully saturated rings. The zero-order valence-corrected chi connectivity index (χ0v) is 8.66. The highest BCUT2D eigenvalue weighted by molar-refractivity contribution is 9.10. The van der Waals surface area contributed by atoms with E-state index in [-0.39, 0.29) is 12.5 Å². The normalized spacial score (nSPS) is 26.1. The lowest BCUT2D eigenvalue weighted by atomic mass is 10.1. The molecule has 70 valence electrons. The van der Waals surface area contributed by atoms with Crippen molar-refractivity contribution in [1.82, 2.24) is 0 Å². The molecule has 3 heteroatoms. The minimum atomic E-state index is -0.493. The van der Waals surface area contributed by atoms with Crippen molar-refractivity contribution in [3.63, 3.8) is 0 Å². The van der Waals surface area contributed by atoms with Gasteiger partial charge in [-0.1, -0.05) is 22.0 Å². The Bertz CT molecular complexity index is 325. The van der Waals surface area contributed by atoms with Crippen LogP contribution in [0, 0.1) is 5.92 Å². The van der Waals surface area contributed by atoms with E-state index in [4.69, 9.17) is 5.11 Å². The maximum atomic E-state index is 9.76. The van der Waals surface area contributed by atoms with Gasteiger partial charge in [0.1, 0.15) is 0 Å². The van der Waals surface area contributed by atoms with Gasteiger partial charge in [0, 0.05) is 17.0 Å². The third-order valence-corrected chi connectivity index (χ3v) is 3.08. The lowest BCUT2D eigenvalue weighted by Gasteiger charge is -2.10. The summed E-state index contributed by atoms with van der Waals surface area (Å²) in [6, 6.07) is 5.84. The minimum Gasteiger partial charge on any atom is -0.396 e. The second-order valence-electron chi connectivity index (χ2n) is 3.43. The van der Waals surface area contributed by atoms with E-state index >= 15 is 0 Å². The average Bonchev–Trinajstić information content (AvgIpc) is 2.42. The first-order valence-electron chi connectivity index (χ1n) is 4.29. The van der Waals surface area contributed by atoms with Crippen molar-refractivity contribution in [3.05, 3.63) is 33.8 Å². The van der Waals surface area contributed by atoms with Gasteiger partial charge >= 0.3 is 0 Å². The number of aliphatic hydroxyl groups excluding tert-OH is 2. The molecule has 0 radical (unpaired) electrons. The van der Waals surface area contributed by atoms with Crippen LogP contribution < -0.4 is 0 Å². The third kappa shape index (κ3) is 1.52. The quantitative estimate of drug-likeness (QED) is 0.787. The van der Waals surface area contributed by atoms with Gasteiger partial charge in [0.05, 0.1) is 6.10 Å². The topological polar surface area (TPSA) is 40.5 Å². The Morgan fingerprint density at radius 3 is 2.92 bits per heavy atom. The number of rotatable bonds is 1. The van der Waals surface area contributed by atoms with Crippen molar-refractivity contribution in [2.45, 2.75) is 12.5 Å². The molecule has 1 aliphatic carbocycles. The second-order valence-corrected chi connectivity index (χ2v) is 4.35. The second kappa shape index (κ2) is 3.40. The van der Waals surface area contributed by atoms with Crippen LogP contribution in [0.15, 0.2) is 22.7 Å². The Hall–Kier alpha value is -0.380. The van der Waals surface area contributed by atoms with Crippen LogP contribution >= 0.6 is 15.9 Å². The molecule has 0 heterocycles. The molecule has 0 amide bonds. The average molecular weight is 243 g/mol. The Morgan fingerprint density at radius 1 is 1.46 bits per heavy atom. The predicted molar refractivity (Wildman–Crippen MR) is 53.4 cm³/mol. The van der Waals surface area contributed by atoms with Gasteiger partial charge in [-0.15, -0.1) is 0 Å². The van der Waals surface area contributed by atoms with Crippen molar-refractivity contribution in [2.24, 2.45) is 5.92 Å². The van der Waals surface area contributed by atoms with Crippen LogP contribution in [-0.2, 0) is 6.42 Å². The van der Waals surface area contributed by atoms with E-state index in [0.717, 1.165) is 22.0 Å². The van der Waals surface area contributed by atoms with E-state index in [1.54, 1.807) is 0 Å². The van der Waals surface area contributed by atoms with Gasteiger partial charge in [0.25, 0.3) is 0 Å². The van der Waals surface area contributed by atoms with Gasteiger partial charge in [-0.05, 0) is 29.7 Å². The molecule has 13 heavy (non-hydrogen) atoms. The molecular weight excluding hydrogens is 232 g/mol. The van der Waals surface area contributed by atoms with Crippen LogP contribution in [0.25, 0.3) is 0 Å². The summed E-state index contributed by atoms with van der Waals surface area (Å²) in [6.07, 6.45) is 0.278. The fraction of sp³-hybridized carbons (Fsp3) is 0.400. The van der Waals surface area contributed by atoms with Crippen molar-refractivity contribution in [1.29, 1.82) is 0 Å². The van der Waals surface area contributed by atoms with Gasteiger partial charge in [0.15, 0.2) is 0 Å². The predicted octanol–water partition coefficient (Wildman–Crippen LogP) is 1.65. The number of aliphatic hydroxyl groups is 2. The number of hydrogen-bond donors (Lipinski definition) is 2. The summed E-state index contributed by atoms with van der Waals surface area (Å²) in [7, 11) is 0. The van der Waals surface area contributed by atoms with Gasteiger partial charge in [-0.25, -0.2) is 0 Å². The molecule has 2 atom stereocenters. The fourth-order valence-corrected chi connectivity index (χ4v) is 2.26. The number of halogens is 1. The lowest BCUT2D eigenvalue weighted by Crippen LogP contribution is -2.11. The van der Waals surface area contributed by atoms with Crippen LogP contribution in [0.5, 0.6) is 0 Å². The maximum absolute atomic E-state index is 9.76. The first-order valence-corrected chi connectivity index (χ1v) is 5.09. The summed E-state index contributed by atoms with van der Waals surface area (Å²) in [5, 5.41) is 18.8. The minimum absolute atomic E-state index is 0.0238. The zero-order chi connectivity index (χ0) is 9.42. The van der Waals surface area contributed by atoms with Gasteiger partial charge < -0.3 is 10.2 Å². The molecule has 0 unspecified atom stereocenters. The largest absolute Gasteiger partial charge is 0.396 e. The molecule has 0 aromatic heterocycles. The molecular formula is C10H11BrO2. The Labute approximate surface area is 85.3 Å². The highest BCUT2D eigenvalue weighted by Crippen LogP contribution is 2.36. The summed E-state index contributed by atoms with van der Waals surface area (Å²) in [5.41, 5.74) is 2.10. The number of hydrogen-bond acceptors (Lipinski definition) is 2. The molecule has 1 aromatic rings. The lowest BCUT2D eigenvalue weighted by molar-refractivity contribution is 0.0807. The molecule has 0 saturated heterocycles. The monoisotopic (exact) mass is 242 g/mol. The molecule has 2 nitrogen and oxygen atoms in total. The fourth-order valence-electron chi connectivity index (χ4n) is 1.85. The van der Waals surface area contributed by atoms with Crippen molar-refractivity contribution in [2.75, 3.05) is 6.61 Å². The van der Waals surface area contributed by atoms with Crippen LogP contribution in [0.2, 0.25) is 0 Å². The smallest absolute Gasteiger partial charge is 0.0845 e. The van der Waals surface area contributed by atoms with E-state index in [1.165, 1.54) is 0 Å². The molecule has 2 N–H and O–H groups in total. The van der Waals surface area contributed by atoms with E-state index in [1.807, 2.05) is 18.2 Å². The molecule has 2 rings (SSSR count). The van der Waals surface area contributed by atoms with E-state index in [9.17, 15) is 5.11 Å². The van der Waals surface area contributed by atoms with Crippen LogP contribution in [0.4, 0.5) is 0 Å². The Balaban J connectivity index is 2.38. The van der Waals surface area contributed by atoms with Crippen LogP contribution in [-0.4, -0.2) is 16.8 Å². The summed E-state index contributed by atoms with van der Waals surface area (Å²) in [4.78, 5) is 0. The summed E-state index contributed by atoms with van der Waals surface area (Å²) in [6.45, 7) is 0.0491. The molecule has 1 aliphatic rings. The summed E-state index contributed by atoms with van der Waals surface area (Å²) in [5.74, 6) is -0.0238. The zero-order valence-electron chi connectivity index (χ0n) is 7.07. The van der Waals surface area contributed by atoms with Crippen molar-refractivity contribution in [3.8, 4) is 0 Å². The molecule has 1 aromatic carbocycles. The van der Waals surface area contributed by atoms with E-state index in [0.29, 0.717) is 0 Å². The van der Waals surface area contributed by atoms with Crippen molar-refractivity contribution >= 4 is 15.9 Å². The summed E-state index contributed by atoms with van der Waals surface area (Å²) >= 11 is 3.38.